The second-order valence-electron chi connectivity index (χ2n) is 9.03. The zero-order chi connectivity index (χ0) is 26.8. The Morgan fingerprint density at radius 1 is 1.14 bits per heavy atom. The molecule has 3 rings (SSSR count). The van der Waals surface area contributed by atoms with Gasteiger partial charge in [0.05, 0.1) is 11.4 Å². The number of terminal acetylenes is 1. The molecule has 0 radical (unpaired) electrons. The zero-order valence-corrected chi connectivity index (χ0v) is 21.5. The van der Waals surface area contributed by atoms with E-state index < -0.39 is 30.6 Å². The van der Waals surface area contributed by atoms with Gasteiger partial charge in [0.25, 0.3) is 0 Å². The van der Waals surface area contributed by atoms with Crippen molar-refractivity contribution >= 4 is 14.0 Å². The topological polar surface area (TPSA) is 108 Å². The summed E-state index contributed by atoms with van der Waals surface area (Å²) in [6.07, 6.45) is 5.98. The second kappa shape index (κ2) is 10.4. The van der Waals surface area contributed by atoms with Crippen LogP contribution >= 0.6 is 8.03 Å². The normalized spacial score (nSPS) is 15.5. The monoisotopic (exact) mass is 509 g/mol. The summed E-state index contributed by atoms with van der Waals surface area (Å²) in [7, 11) is -4.04. The number of nitrogens with zero attached hydrogens (tertiary/aromatic N) is 1. The van der Waals surface area contributed by atoms with Gasteiger partial charge in [-0.2, -0.15) is 0 Å². The van der Waals surface area contributed by atoms with Crippen molar-refractivity contribution in [2.75, 3.05) is 0 Å². The summed E-state index contributed by atoms with van der Waals surface area (Å²) in [5, 5.41) is 19.2. The van der Waals surface area contributed by atoms with E-state index in [4.69, 9.17) is 11.4 Å². The lowest BCUT2D eigenvalue weighted by Crippen LogP contribution is -2.53. The molecule has 3 unspecified atom stereocenters. The van der Waals surface area contributed by atoms with Crippen molar-refractivity contribution in [1.82, 2.24) is 4.98 Å². The fourth-order valence-corrected chi connectivity index (χ4v) is 5.47. The van der Waals surface area contributed by atoms with Crippen LogP contribution in [0.2, 0.25) is 0 Å². The fourth-order valence-electron chi connectivity index (χ4n) is 4.63. The first-order valence-electron chi connectivity index (χ1n) is 11.5. The molecule has 0 spiro atoms. The average molecular weight is 510 g/mol. The van der Waals surface area contributed by atoms with Crippen LogP contribution in [0.25, 0.3) is 22.4 Å². The van der Waals surface area contributed by atoms with Gasteiger partial charge < -0.3 is 15.1 Å². The number of hydrogen-bond acceptors (Lipinski definition) is 4. The number of aromatic nitrogens is 1. The lowest BCUT2D eigenvalue weighted by Gasteiger charge is -2.40. The number of pyridine rings is 1. The van der Waals surface area contributed by atoms with Gasteiger partial charge in [-0.25, -0.2) is 9.18 Å². The van der Waals surface area contributed by atoms with Crippen LogP contribution in [0.1, 0.15) is 50.4 Å². The quantitative estimate of drug-likeness (QED) is 0.278. The van der Waals surface area contributed by atoms with Crippen molar-refractivity contribution in [3.8, 4) is 34.7 Å². The maximum atomic E-state index is 13.9. The third-order valence-electron chi connectivity index (χ3n) is 6.48. The lowest BCUT2D eigenvalue weighted by molar-refractivity contribution is -0.145. The summed E-state index contributed by atoms with van der Waals surface area (Å²) < 4.78 is 26.5. The zero-order valence-electron chi connectivity index (χ0n) is 20.5. The number of carboxylic acid groups (broad SMARTS) is 1. The van der Waals surface area contributed by atoms with Gasteiger partial charge in [0, 0.05) is 11.1 Å². The number of aliphatic hydroxyl groups is 1. The Labute approximate surface area is 210 Å². The van der Waals surface area contributed by atoms with Gasteiger partial charge in [-0.15, -0.1) is 6.42 Å². The second-order valence-corrected chi connectivity index (χ2v) is 10.4. The predicted octanol–water partition coefficient (Wildman–Crippen LogP) is 5.37. The molecule has 8 heteroatoms. The van der Waals surface area contributed by atoms with E-state index in [1.165, 1.54) is 24.3 Å². The summed E-state index contributed by atoms with van der Waals surface area (Å²) >= 11 is 0. The number of halogens is 1. The molecule has 0 fully saturated rings. The highest BCUT2D eigenvalue weighted by Gasteiger charge is 2.60. The van der Waals surface area contributed by atoms with Crippen molar-refractivity contribution < 1.29 is 28.9 Å². The van der Waals surface area contributed by atoms with Crippen LogP contribution in [-0.4, -0.2) is 31.2 Å². The molecule has 3 N–H and O–H groups in total. The summed E-state index contributed by atoms with van der Waals surface area (Å²) in [5.74, 6) is -0.683. The molecule has 1 aromatic heterocycles. The van der Waals surface area contributed by atoms with E-state index in [-0.39, 0.29) is 11.5 Å². The maximum absolute atomic E-state index is 13.9. The number of aliphatic carboxylic acids is 1. The minimum atomic E-state index is -4.04. The van der Waals surface area contributed by atoms with Crippen molar-refractivity contribution in [3.05, 3.63) is 77.2 Å². The first-order valence-corrected chi connectivity index (χ1v) is 12.8. The van der Waals surface area contributed by atoms with Crippen LogP contribution in [0, 0.1) is 18.2 Å². The van der Waals surface area contributed by atoms with E-state index in [9.17, 15) is 28.9 Å². The van der Waals surface area contributed by atoms with Crippen LogP contribution in [0.5, 0.6) is 0 Å². The van der Waals surface area contributed by atoms with Crippen LogP contribution in [0.3, 0.4) is 0 Å². The van der Waals surface area contributed by atoms with Gasteiger partial charge in [0.15, 0.2) is 0 Å². The molecule has 0 aliphatic carbocycles. The molecule has 1 heterocycles. The van der Waals surface area contributed by atoms with E-state index >= 15 is 0 Å². The van der Waals surface area contributed by atoms with Gasteiger partial charge in [-0.1, -0.05) is 69.2 Å². The Morgan fingerprint density at radius 3 is 2.17 bits per heavy atom. The number of rotatable bonds is 8. The predicted molar refractivity (Wildman–Crippen MR) is 139 cm³/mol. The van der Waals surface area contributed by atoms with E-state index in [2.05, 4.69) is 0 Å². The Bertz CT molecular complexity index is 1330. The van der Waals surface area contributed by atoms with E-state index in [0.717, 1.165) is 12.5 Å². The molecule has 6 nitrogen and oxygen atoms in total. The molecule has 0 bridgehead atoms. The van der Waals surface area contributed by atoms with E-state index in [1.54, 1.807) is 0 Å². The minimum absolute atomic E-state index is 0.0355. The van der Waals surface area contributed by atoms with Gasteiger partial charge in [0.2, 0.25) is 13.2 Å². The van der Waals surface area contributed by atoms with E-state index in [1.807, 2.05) is 57.0 Å². The molecule has 0 aliphatic heterocycles. The SMILES string of the molecule is C#CC(C(=O)O)([PH](=O)O)C(C)(O)c1c(C(C)C)nc(-c2ccccc2)c(CC)c1-c1ccc(F)cc1. The maximum Gasteiger partial charge on any atom is 0.335 e. The summed E-state index contributed by atoms with van der Waals surface area (Å²) in [6.45, 7) is 6.65. The Kier molecular flexibility index (Phi) is 7.85. The highest BCUT2D eigenvalue weighted by Crippen LogP contribution is 2.53. The lowest BCUT2D eigenvalue weighted by atomic mass is 9.74. The van der Waals surface area contributed by atoms with Crippen molar-refractivity contribution in [1.29, 1.82) is 0 Å². The number of carbonyl (C=O) groups is 1. The first kappa shape index (κ1) is 27.3. The van der Waals surface area contributed by atoms with E-state index in [0.29, 0.717) is 34.5 Å². The standard InChI is InChI=1S/C28H29FNO5P/c1-6-21-22(18-13-15-20(29)16-14-18)23(27(5,33)28(7-2,26(31)32)36(34)35)24(17(3)4)30-25(21)19-11-9-8-10-12-19/h2,8-17,33,36H,6H2,1,3-5H3,(H,31,32)(H,34,35). The third-order valence-corrected chi connectivity index (χ3v) is 7.97. The van der Waals surface area contributed by atoms with Crippen LogP contribution < -0.4 is 0 Å². The molecule has 0 saturated carbocycles. The molecule has 3 aromatic rings. The smallest absolute Gasteiger partial charge is 0.335 e. The Hall–Kier alpha value is -3.30. The van der Waals surface area contributed by atoms with Gasteiger partial charge in [-0.3, -0.25) is 9.55 Å². The van der Waals surface area contributed by atoms with Gasteiger partial charge in [-0.05, 0) is 48.1 Å². The van der Waals surface area contributed by atoms with Gasteiger partial charge in [0.1, 0.15) is 11.4 Å². The highest BCUT2D eigenvalue weighted by molar-refractivity contribution is 7.42. The third kappa shape index (κ3) is 4.37. The number of benzene rings is 2. The highest BCUT2D eigenvalue weighted by atomic mass is 31.1. The molecule has 0 amide bonds. The largest absolute Gasteiger partial charge is 0.480 e. The van der Waals surface area contributed by atoms with Crippen LogP contribution in [-0.2, 0) is 21.4 Å². The fraction of sp³-hybridized carbons (Fsp3) is 0.286. The molecular formula is C28H29FNO5P. The molecule has 0 aliphatic rings. The number of carboxylic acids is 1. The minimum Gasteiger partial charge on any atom is -0.480 e. The van der Waals surface area contributed by atoms with Crippen LogP contribution in [0.4, 0.5) is 4.39 Å². The Morgan fingerprint density at radius 2 is 1.72 bits per heavy atom. The average Bonchev–Trinajstić information content (AvgIpc) is 2.83. The molecule has 36 heavy (non-hydrogen) atoms. The van der Waals surface area contributed by atoms with Crippen molar-refractivity contribution in [3.63, 3.8) is 0 Å². The van der Waals surface area contributed by atoms with Crippen molar-refractivity contribution in [2.24, 2.45) is 0 Å². The number of hydrogen-bond donors (Lipinski definition) is 3. The van der Waals surface area contributed by atoms with Crippen molar-refractivity contribution in [2.45, 2.75) is 50.8 Å². The molecule has 2 aromatic carbocycles. The Balaban J connectivity index is 2.63. The molecule has 3 atom stereocenters. The summed E-state index contributed by atoms with van der Waals surface area (Å²) in [4.78, 5) is 27.5. The molecule has 188 valence electrons. The first-order chi connectivity index (χ1) is 16.9. The summed E-state index contributed by atoms with van der Waals surface area (Å²) in [5.41, 5.74) is 0.785. The summed E-state index contributed by atoms with van der Waals surface area (Å²) in [6, 6.07) is 14.9. The molecule has 0 saturated heterocycles. The van der Waals surface area contributed by atoms with Gasteiger partial charge >= 0.3 is 5.97 Å². The van der Waals surface area contributed by atoms with Crippen LogP contribution in [0.15, 0.2) is 54.6 Å². The molecular weight excluding hydrogens is 480 g/mol.